The molecule has 0 radical (unpaired) electrons. The SMILES string of the molecule is COc1cc(C(=O)NCC(=O)NCc2cccc(OCC(F)(F)F)c2)ccc1OC(F)F. The van der Waals surface area contributed by atoms with Crippen LogP contribution in [-0.2, 0) is 11.3 Å². The minimum atomic E-state index is -4.47. The molecule has 2 rings (SSSR count). The van der Waals surface area contributed by atoms with Crippen molar-refractivity contribution in [2.24, 2.45) is 0 Å². The van der Waals surface area contributed by atoms with E-state index in [1.165, 1.54) is 37.4 Å². The molecule has 2 N–H and O–H groups in total. The zero-order chi connectivity index (χ0) is 23.7. The average Bonchev–Trinajstić information content (AvgIpc) is 2.74. The van der Waals surface area contributed by atoms with Crippen molar-refractivity contribution in [3.63, 3.8) is 0 Å². The summed E-state index contributed by atoms with van der Waals surface area (Å²) in [6, 6.07) is 9.28. The molecule has 0 heterocycles. The molecular formula is C20H19F5N2O5. The fourth-order valence-electron chi connectivity index (χ4n) is 2.44. The maximum Gasteiger partial charge on any atom is 0.422 e. The summed E-state index contributed by atoms with van der Waals surface area (Å²) in [7, 11) is 1.21. The van der Waals surface area contributed by atoms with Gasteiger partial charge in [0, 0.05) is 12.1 Å². The van der Waals surface area contributed by atoms with Crippen LogP contribution in [0.5, 0.6) is 17.2 Å². The van der Waals surface area contributed by atoms with Gasteiger partial charge in [-0.25, -0.2) is 0 Å². The van der Waals surface area contributed by atoms with Crippen molar-refractivity contribution in [3.05, 3.63) is 53.6 Å². The van der Waals surface area contributed by atoms with E-state index in [-0.39, 0.29) is 29.4 Å². The van der Waals surface area contributed by atoms with Crippen molar-refractivity contribution in [2.45, 2.75) is 19.3 Å². The van der Waals surface area contributed by atoms with Gasteiger partial charge < -0.3 is 24.8 Å². The van der Waals surface area contributed by atoms with Crippen LogP contribution in [0.4, 0.5) is 22.0 Å². The highest BCUT2D eigenvalue weighted by Gasteiger charge is 2.28. The first-order valence-corrected chi connectivity index (χ1v) is 9.03. The van der Waals surface area contributed by atoms with E-state index in [0.29, 0.717) is 5.56 Å². The summed E-state index contributed by atoms with van der Waals surface area (Å²) in [5.41, 5.74) is 0.537. The number of hydrogen-bond donors (Lipinski definition) is 2. The number of carbonyl (C=O) groups excluding carboxylic acids is 2. The first-order chi connectivity index (χ1) is 15.1. The highest BCUT2D eigenvalue weighted by atomic mass is 19.4. The lowest BCUT2D eigenvalue weighted by molar-refractivity contribution is -0.153. The Morgan fingerprint density at radius 3 is 2.44 bits per heavy atom. The molecule has 2 aromatic carbocycles. The van der Waals surface area contributed by atoms with Crippen LogP contribution in [0.25, 0.3) is 0 Å². The third-order valence-electron chi connectivity index (χ3n) is 3.84. The molecule has 0 saturated heterocycles. The van der Waals surface area contributed by atoms with E-state index >= 15 is 0 Å². The molecule has 0 atom stereocenters. The minimum Gasteiger partial charge on any atom is -0.493 e. The number of carbonyl (C=O) groups is 2. The van der Waals surface area contributed by atoms with Gasteiger partial charge >= 0.3 is 12.8 Å². The van der Waals surface area contributed by atoms with E-state index in [0.717, 1.165) is 6.07 Å². The molecule has 32 heavy (non-hydrogen) atoms. The Hall–Kier alpha value is -3.57. The molecule has 0 unspecified atom stereocenters. The van der Waals surface area contributed by atoms with Crippen LogP contribution in [-0.4, -0.2) is 44.9 Å². The summed E-state index contributed by atoms with van der Waals surface area (Å²) in [4.78, 5) is 24.1. The monoisotopic (exact) mass is 462 g/mol. The zero-order valence-corrected chi connectivity index (χ0v) is 16.7. The number of halogens is 5. The third kappa shape index (κ3) is 8.28. The highest BCUT2D eigenvalue weighted by Crippen LogP contribution is 2.29. The molecule has 12 heteroatoms. The fraction of sp³-hybridized carbons (Fsp3) is 0.300. The van der Waals surface area contributed by atoms with Gasteiger partial charge in [-0.05, 0) is 35.9 Å². The van der Waals surface area contributed by atoms with E-state index in [2.05, 4.69) is 20.1 Å². The Morgan fingerprint density at radius 1 is 1.03 bits per heavy atom. The first kappa shape index (κ1) is 24.7. The van der Waals surface area contributed by atoms with Gasteiger partial charge in [-0.1, -0.05) is 12.1 Å². The third-order valence-corrected chi connectivity index (χ3v) is 3.84. The van der Waals surface area contributed by atoms with Gasteiger partial charge in [0.15, 0.2) is 18.1 Å². The van der Waals surface area contributed by atoms with Gasteiger partial charge in [0.05, 0.1) is 13.7 Å². The van der Waals surface area contributed by atoms with Crippen molar-refractivity contribution in [3.8, 4) is 17.2 Å². The lowest BCUT2D eigenvalue weighted by Gasteiger charge is -2.12. The molecule has 0 fully saturated rings. The lowest BCUT2D eigenvalue weighted by Crippen LogP contribution is -2.36. The van der Waals surface area contributed by atoms with Crippen LogP contribution < -0.4 is 24.8 Å². The Balaban J connectivity index is 1.85. The highest BCUT2D eigenvalue weighted by molar-refractivity contribution is 5.97. The molecule has 0 bridgehead atoms. The number of alkyl halides is 5. The van der Waals surface area contributed by atoms with Crippen LogP contribution in [0.1, 0.15) is 15.9 Å². The number of rotatable bonds is 10. The van der Waals surface area contributed by atoms with Gasteiger partial charge in [-0.3, -0.25) is 9.59 Å². The van der Waals surface area contributed by atoms with E-state index in [4.69, 9.17) is 4.74 Å². The molecule has 0 spiro atoms. The molecule has 2 aromatic rings. The Morgan fingerprint density at radius 2 is 1.78 bits per heavy atom. The van der Waals surface area contributed by atoms with E-state index in [9.17, 15) is 31.5 Å². The minimum absolute atomic E-state index is 0.00408. The summed E-state index contributed by atoms with van der Waals surface area (Å²) >= 11 is 0. The number of methoxy groups -OCH3 is 1. The summed E-state index contributed by atoms with van der Waals surface area (Å²) in [6.45, 7) is -4.91. The predicted octanol–water partition coefficient (Wildman–Crippen LogP) is 3.28. The maximum absolute atomic E-state index is 12.4. The molecule has 7 nitrogen and oxygen atoms in total. The maximum atomic E-state index is 12.4. The molecule has 0 saturated carbocycles. The molecular weight excluding hydrogens is 443 g/mol. The smallest absolute Gasteiger partial charge is 0.422 e. The second kappa shape index (κ2) is 11.2. The van der Waals surface area contributed by atoms with Crippen molar-refractivity contribution in [1.82, 2.24) is 10.6 Å². The standard InChI is InChI=1S/C20H19F5N2O5/c1-30-16-8-13(5-6-15(16)32-19(21)22)18(29)27-10-17(28)26-9-12-3-2-4-14(7-12)31-11-20(23,24)25/h2-8,19H,9-11H2,1H3,(H,26,28)(H,27,29). The number of hydrogen-bond acceptors (Lipinski definition) is 5. The number of benzene rings is 2. The van der Waals surface area contributed by atoms with E-state index in [1.54, 1.807) is 6.07 Å². The van der Waals surface area contributed by atoms with Gasteiger partial charge in [0.25, 0.3) is 5.91 Å². The van der Waals surface area contributed by atoms with Crippen LogP contribution in [0.3, 0.4) is 0 Å². The molecule has 2 amide bonds. The molecule has 0 aliphatic carbocycles. The van der Waals surface area contributed by atoms with Crippen molar-refractivity contribution in [1.29, 1.82) is 0 Å². The first-order valence-electron chi connectivity index (χ1n) is 9.03. The van der Waals surface area contributed by atoms with Crippen LogP contribution >= 0.6 is 0 Å². The molecule has 0 aliphatic rings. The largest absolute Gasteiger partial charge is 0.493 e. The normalized spacial score (nSPS) is 11.1. The molecule has 174 valence electrons. The van der Waals surface area contributed by atoms with Crippen LogP contribution in [0.2, 0.25) is 0 Å². The molecule has 0 aliphatic heterocycles. The summed E-state index contributed by atoms with van der Waals surface area (Å²) < 4.78 is 75.2. The van der Waals surface area contributed by atoms with Gasteiger partial charge in [-0.15, -0.1) is 0 Å². The predicted molar refractivity (Wildman–Crippen MR) is 102 cm³/mol. The van der Waals surface area contributed by atoms with Gasteiger partial charge in [0.2, 0.25) is 5.91 Å². The lowest BCUT2D eigenvalue weighted by atomic mass is 10.2. The van der Waals surface area contributed by atoms with Gasteiger partial charge in [-0.2, -0.15) is 22.0 Å². The second-order valence-electron chi connectivity index (χ2n) is 6.25. The molecule has 0 aromatic heterocycles. The second-order valence-corrected chi connectivity index (χ2v) is 6.25. The van der Waals surface area contributed by atoms with Crippen LogP contribution in [0, 0.1) is 0 Å². The zero-order valence-electron chi connectivity index (χ0n) is 16.7. The van der Waals surface area contributed by atoms with E-state index in [1.807, 2.05) is 0 Å². The number of amides is 2. The van der Waals surface area contributed by atoms with E-state index < -0.39 is 37.8 Å². The number of ether oxygens (including phenoxy) is 3. The fourth-order valence-corrected chi connectivity index (χ4v) is 2.44. The summed E-state index contributed by atoms with van der Waals surface area (Å²) in [5.74, 6) is -1.57. The van der Waals surface area contributed by atoms with Crippen molar-refractivity contribution in [2.75, 3.05) is 20.3 Å². The number of nitrogens with one attached hydrogen (secondary N) is 2. The Kier molecular flexibility index (Phi) is 8.62. The van der Waals surface area contributed by atoms with Crippen molar-refractivity contribution >= 4 is 11.8 Å². The van der Waals surface area contributed by atoms with Crippen LogP contribution in [0.15, 0.2) is 42.5 Å². The average molecular weight is 462 g/mol. The Labute approximate surface area is 179 Å². The van der Waals surface area contributed by atoms with Crippen molar-refractivity contribution < 1.29 is 45.8 Å². The summed E-state index contributed by atoms with van der Waals surface area (Å²) in [5, 5.41) is 4.85. The summed E-state index contributed by atoms with van der Waals surface area (Å²) in [6.07, 6.45) is -4.47. The quantitative estimate of drug-likeness (QED) is 0.530. The Bertz CT molecular complexity index is 937. The topological polar surface area (TPSA) is 85.9 Å². The van der Waals surface area contributed by atoms with Gasteiger partial charge in [0.1, 0.15) is 5.75 Å².